The molecular weight excluding hydrogens is 819 g/mol. The Hall–Kier alpha value is -5.58. The number of pyridine rings is 3. The van der Waals surface area contributed by atoms with Crippen LogP contribution in [-0.4, -0.2) is 15.0 Å². The quantitative estimate of drug-likeness (QED) is 0.166. The number of nitrogens with zero attached hydrogens (tertiary/aromatic N) is 3. The van der Waals surface area contributed by atoms with Gasteiger partial charge in [0.25, 0.3) is 0 Å². The zero-order valence-electron chi connectivity index (χ0n) is 27.2. The third-order valence-corrected chi connectivity index (χ3v) is 10.2. The van der Waals surface area contributed by atoms with Gasteiger partial charge in [-0.25, -0.2) is 11.3 Å². The molecule has 0 bridgehead atoms. The molecule has 51 heavy (non-hydrogen) atoms. The second-order valence-electron chi connectivity index (χ2n) is 12.1. The van der Waals surface area contributed by atoms with Gasteiger partial charge < -0.3 is 4.98 Å². The van der Waals surface area contributed by atoms with Crippen molar-refractivity contribution in [1.82, 2.24) is 15.0 Å². The van der Waals surface area contributed by atoms with Crippen LogP contribution in [0.5, 0.6) is 0 Å². The van der Waals surface area contributed by atoms with Crippen LogP contribution >= 0.6 is 11.3 Å². The Kier molecular flexibility index (Phi) is 8.93. The molecule has 9 aromatic rings. The first-order valence-corrected chi connectivity index (χ1v) is 17.4. The fourth-order valence-corrected chi connectivity index (χ4v) is 7.76. The summed E-state index contributed by atoms with van der Waals surface area (Å²) < 4.78 is 0. The van der Waals surface area contributed by atoms with Crippen LogP contribution in [0.4, 0.5) is 0 Å². The minimum atomic E-state index is -0.679. The molecule has 1 aliphatic rings. The zero-order chi connectivity index (χ0) is 33.3. The maximum Gasteiger partial charge on any atom is 3.00 e. The van der Waals surface area contributed by atoms with Crippen molar-refractivity contribution in [2.75, 3.05) is 0 Å². The van der Waals surface area contributed by atoms with Crippen molar-refractivity contribution in [3.63, 3.8) is 0 Å². The average Bonchev–Trinajstić information content (AvgIpc) is 3.85. The van der Waals surface area contributed by atoms with Crippen LogP contribution in [0, 0.1) is 18.2 Å². The summed E-state index contributed by atoms with van der Waals surface area (Å²) in [6, 6.07) is 62.2. The molecule has 4 aromatic heterocycles. The molecule has 3 nitrogen and oxygen atoms in total. The predicted octanol–water partition coefficient (Wildman–Crippen LogP) is 11.0. The number of aromatic nitrogens is 3. The molecule has 10 rings (SSSR count). The molecule has 0 saturated heterocycles. The van der Waals surface area contributed by atoms with Crippen molar-refractivity contribution in [3.8, 4) is 33.0 Å². The van der Waals surface area contributed by atoms with Crippen LogP contribution in [0.3, 0.4) is 0 Å². The summed E-state index contributed by atoms with van der Waals surface area (Å²) in [6.45, 7) is 0. The molecule has 0 spiro atoms. The molecule has 5 aromatic carbocycles. The summed E-state index contributed by atoms with van der Waals surface area (Å²) in [7, 11) is 0. The summed E-state index contributed by atoms with van der Waals surface area (Å²) in [5, 5.41) is 6.68. The van der Waals surface area contributed by atoms with Crippen molar-refractivity contribution in [3.05, 3.63) is 210 Å². The standard InChI is InChI=1S/C33H20N2.C13H8NS.Ir/c1-2-12-23(13-3-1)32-25-15-5-4-14-24(25)22-31(35-32)33(30-20-10-11-21-34-30)28-18-8-6-16-26(28)27-17-7-9-19-29(27)33;1-2-5-11-9-14-12(8-10(11)4-1)13-6-3-7-15-13;/h1-12,14-18,20-22H;1-5,7-9H;/q-2;-1;+3/t33-;;/m0../s1. The second-order valence-corrected chi connectivity index (χ2v) is 13.0. The second kappa shape index (κ2) is 14.0. The Labute approximate surface area is 314 Å². The van der Waals surface area contributed by atoms with Gasteiger partial charge in [0, 0.05) is 18.1 Å². The van der Waals surface area contributed by atoms with E-state index in [1.54, 1.807) is 11.3 Å². The predicted molar refractivity (Wildman–Crippen MR) is 204 cm³/mol. The van der Waals surface area contributed by atoms with Gasteiger partial charge in [-0.15, -0.1) is 52.4 Å². The number of fused-ring (bicyclic) bond motifs is 5. The third-order valence-electron chi connectivity index (χ3n) is 9.32. The van der Waals surface area contributed by atoms with Gasteiger partial charge in [0.15, 0.2) is 0 Å². The van der Waals surface area contributed by atoms with E-state index in [-0.39, 0.29) is 20.1 Å². The van der Waals surface area contributed by atoms with Gasteiger partial charge >= 0.3 is 20.1 Å². The Morgan fingerprint density at radius 1 is 0.569 bits per heavy atom. The monoisotopic (exact) mass is 847 g/mol. The van der Waals surface area contributed by atoms with Gasteiger partial charge in [-0.1, -0.05) is 95.4 Å². The summed E-state index contributed by atoms with van der Waals surface area (Å²) in [6.07, 6.45) is 3.78. The maximum absolute atomic E-state index is 5.41. The molecule has 1 aliphatic carbocycles. The van der Waals surface area contributed by atoms with Crippen molar-refractivity contribution in [2.24, 2.45) is 0 Å². The van der Waals surface area contributed by atoms with E-state index in [0.717, 1.165) is 49.6 Å². The number of hydrogen-bond acceptors (Lipinski definition) is 4. The number of hydrogen-bond donors (Lipinski definition) is 0. The van der Waals surface area contributed by atoms with Crippen LogP contribution < -0.4 is 0 Å². The Morgan fingerprint density at radius 3 is 2.16 bits per heavy atom. The fraction of sp³-hybridized carbons (Fsp3) is 0.0217. The van der Waals surface area contributed by atoms with Gasteiger partial charge in [0.05, 0.1) is 11.1 Å². The van der Waals surface area contributed by atoms with E-state index < -0.39 is 5.41 Å². The molecule has 5 heteroatoms. The van der Waals surface area contributed by atoms with Crippen LogP contribution in [0.25, 0.3) is 54.5 Å². The molecule has 0 N–H and O–H groups in total. The molecular formula is C46H28IrN3S. The van der Waals surface area contributed by atoms with Gasteiger partial charge in [-0.3, -0.25) is 9.97 Å². The first-order valence-electron chi connectivity index (χ1n) is 16.5. The summed E-state index contributed by atoms with van der Waals surface area (Å²) >= 11 is 1.67. The van der Waals surface area contributed by atoms with E-state index in [0.29, 0.717) is 0 Å². The first kappa shape index (κ1) is 32.6. The van der Waals surface area contributed by atoms with Gasteiger partial charge in [0.2, 0.25) is 0 Å². The van der Waals surface area contributed by atoms with Crippen LogP contribution in [0.1, 0.15) is 22.5 Å². The topological polar surface area (TPSA) is 38.7 Å². The number of benzene rings is 5. The minimum absolute atomic E-state index is 0. The van der Waals surface area contributed by atoms with E-state index in [9.17, 15) is 0 Å². The van der Waals surface area contributed by atoms with E-state index in [2.05, 4.69) is 126 Å². The van der Waals surface area contributed by atoms with Crippen molar-refractivity contribution in [1.29, 1.82) is 0 Å². The van der Waals surface area contributed by atoms with Crippen molar-refractivity contribution >= 4 is 32.9 Å². The molecule has 0 amide bonds. The minimum Gasteiger partial charge on any atom is -0.318 e. The van der Waals surface area contributed by atoms with Crippen LogP contribution in [0.15, 0.2) is 169 Å². The van der Waals surface area contributed by atoms with E-state index in [1.807, 2.05) is 66.3 Å². The molecule has 0 radical (unpaired) electrons. The first-order chi connectivity index (χ1) is 24.8. The fourth-order valence-electron chi connectivity index (χ4n) is 7.12. The summed E-state index contributed by atoms with van der Waals surface area (Å²) in [4.78, 5) is 15.9. The van der Waals surface area contributed by atoms with Gasteiger partial charge in [-0.05, 0) is 56.7 Å². The zero-order valence-corrected chi connectivity index (χ0v) is 30.5. The molecule has 0 saturated carbocycles. The third kappa shape index (κ3) is 5.70. The molecule has 4 heterocycles. The Balaban J connectivity index is 0.000000196. The van der Waals surface area contributed by atoms with Crippen LogP contribution in [0.2, 0.25) is 0 Å². The van der Waals surface area contributed by atoms with Gasteiger partial charge in [0.1, 0.15) is 0 Å². The SMILES string of the molecule is [Ir+3].[c-]1ccccc1-c1nc([C@]2(c3ccccn3)c3[c-]cccc3-c3ccccc32)cc2ccccc12.[c-]1ccsc1-c1cc2ccccc2cn1. The summed E-state index contributed by atoms with van der Waals surface area (Å²) in [5.41, 5.74) is 8.76. The number of thiophene rings is 1. The van der Waals surface area contributed by atoms with E-state index in [4.69, 9.17) is 9.97 Å². The van der Waals surface area contributed by atoms with E-state index >= 15 is 0 Å². The van der Waals surface area contributed by atoms with Crippen molar-refractivity contribution < 1.29 is 20.1 Å². The maximum atomic E-state index is 5.41. The Bertz CT molecular complexity index is 2560. The molecule has 0 unspecified atom stereocenters. The van der Waals surface area contributed by atoms with Gasteiger partial charge in [-0.2, -0.15) is 36.4 Å². The normalized spacial score (nSPS) is 14.2. The average molecular weight is 847 g/mol. The van der Waals surface area contributed by atoms with Crippen molar-refractivity contribution in [2.45, 2.75) is 5.41 Å². The smallest absolute Gasteiger partial charge is 0.318 e. The molecule has 1 atom stereocenters. The summed E-state index contributed by atoms with van der Waals surface area (Å²) in [5.74, 6) is 0. The van der Waals surface area contributed by atoms with Crippen LogP contribution in [-0.2, 0) is 25.5 Å². The van der Waals surface area contributed by atoms with E-state index in [1.165, 1.54) is 27.5 Å². The molecule has 242 valence electrons. The largest absolute Gasteiger partial charge is 3.00 e. The molecule has 0 aliphatic heterocycles. The molecule has 0 fully saturated rings. The number of rotatable bonds is 4. The Morgan fingerprint density at radius 2 is 1.33 bits per heavy atom.